The third kappa shape index (κ3) is 5.50. The van der Waals surface area contributed by atoms with Crippen LogP contribution < -0.4 is 10.2 Å². The SMILES string of the molecule is Cc1cc(F)c(NC(=O)N2CCC(C(C)(C)F)C2)cc1-c1cc(-c2cnn(C)c2)nc(N2CCOCC2)c1. The summed E-state index contributed by atoms with van der Waals surface area (Å²) in [6.07, 6.45) is 4.25. The lowest BCUT2D eigenvalue weighted by atomic mass is 9.92. The number of carbonyl (C=O) groups excluding carboxylic acids is 1. The molecule has 2 aliphatic rings. The molecule has 3 aromatic rings. The van der Waals surface area contributed by atoms with Crippen LogP contribution in [0.3, 0.4) is 0 Å². The Morgan fingerprint density at radius 1 is 1.13 bits per heavy atom. The molecule has 202 valence electrons. The summed E-state index contributed by atoms with van der Waals surface area (Å²) in [7, 11) is 1.85. The lowest BCUT2D eigenvalue weighted by molar-refractivity contribution is 0.122. The summed E-state index contributed by atoms with van der Waals surface area (Å²) >= 11 is 0. The minimum absolute atomic E-state index is 0.0891. The van der Waals surface area contributed by atoms with Gasteiger partial charge < -0.3 is 19.9 Å². The number of nitrogens with zero attached hydrogens (tertiary/aromatic N) is 5. The predicted octanol–water partition coefficient (Wildman–Crippen LogP) is 5.04. The zero-order valence-electron chi connectivity index (χ0n) is 22.3. The van der Waals surface area contributed by atoms with Gasteiger partial charge >= 0.3 is 6.03 Å². The van der Waals surface area contributed by atoms with Gasteiger partial charge in [-0.3, -0.25) is 4.68 Å². The molecule has 0 bridgehead atoms. The van der Waals surface area contributed by atoms with Crippen LogP contribution in [0.2, 0.25) is 0 Å². The Kier molecular flexibility index (Phi) is 7.09. The molecule has 2 aromatic heterocycles. The van der Waals surface area contributed by atoms with E-state index < -0.39 is 17.5 Å². The van der Waals surface area contributed by atoms with E-state index in [1.807, 2.05) is 32.3 Å². The molecule has 1 aromatic carbocycles. The first-order chi connectivity index (χ1) is 18.1. The molecule has 8 nitrogen and oxygen atoms in total. The van der Waals surface area contributed by atoms with Crippen LogP contribution in [-0.2, 0) is 11.8 Å². The van der Waals surface area contributed by atoms with Crippen LogP contribution in [0.4, 0.5) is 25.1 Å². The summed E-state index contributed by atoms with van der Waals surface area (Å²) in [6.45, 7) is 8.33. The van der Waals surface area contributed by atoms with E-state index in [-0.39, 0.29) is 11.6 Å². The van der Waals surface area contributed by atoms with Gasteiger partial charge in [0.05, 0.1) is 30.8 Å². The van der Waals surface area contributed by atoms with E-state index in [0.29, 0.717) is 32.7 Å². The van der Waals surface area contributed by atoms with Crippen molar-refractivity contribution < 1.29 is 18.3 Å². The van der Waals surface area contributed by atoms with E-state index in [0.717, 1.165) is 46.9 Å². The fourth-order valence-corrected chi connectivity index (χ4v) is 5.11. The van der Waals surface area contributed by atoms with Crippen LogP contribution in [0.5, 0.6) is 0 Å². The van der Waals surface area contributed by atoms with Crippen LogP contribution >= 0.6 is 0 Å². The molecule has 2 saturated heterocycles. The van der Waals surface area contributed by atoms with Gasteiger partial charge in [-0.05, 0) is 68.1 Å². The standard InChI is InChI=1S/C28H34F2N6O2/c1-18-11-23(29)25(33-27(37)36-6-5-21(17-36)28(2,3)30)14-22(18)19-12-24(20-15-31-34(4)16-20)32-26(13-19)35-7-9-38-10-8-35/h11-16,21H,5-10,17H2,1-4H3,(H,33,37). The van der Waals surface area contributed by atoms with Gasteiger partial charge in [-0.15, -0.1) is 0 Å². The molecule has 2 fully saturated rings. The number of morpholine rings is 1. The summed E-state index contributed by atoms with van der Waals surface area (Å²) in [4.78, 5) is 21.6. The van der Waals surface area contributed by atoms with Gasteiger partial charge in [-0.1, -0.05) is 0 Å². The van der Waals surface area contributed by atoms with E-state index in [4.69, 9.17) is 9.72 Å². The van der Waals surface area contributed by atoms with Crippen LogP contribution in [0, 0.1) is 18.7 Å². The normalized spacial score (nSPS) is 18.2. The molecule has 1 N–H and O–H groups in total. The Morgan fingerprint density at radius 2 is 1.89 bits per heavy atom. The van der Waals surface area contributed by atoms with Crippen LogP contribution in [0.15, 0.2) is 36.7 Å². The second-order valence-electron chi connectivity index (χ2n) is 10.7. The Hall–Kier alpha value is -3.53. The fourth-order valence-electron chi connectivity index (χ4n) is 5.11. The van der Waals surface area contributed by atoms with Gasteiger partial charge in [-0.25, -0.2) is 18.6 Å². The van der Waals surface area contributed by atoms with Crippen molar-refractivity contribution in [2.45, 2.75) is 32.9 Å². The summed E-state index contributed by atoms with van der Waals surface area (Å²) in [6, 6.07) is 6.62. The number of halogens is 2. The molecule has 1 unspecified atom stereocenters. The summed E-state index contributed by atoms with van der Waals surface area (Å²) in [5, 5.41) is 7.01. The number of benzene rings is 1. The van der Waals surface area contributed by atoms with Crippen molar-refractivity contribution >= 4 is 17.5 Å². The number of alkyl halides is 1. The molecule has 4 heterocycles. The van der Waals surface area contributed by atoms with Crippen molar-refractivity contribution in [3.8, 4) is 22.4 Å². The second-order valence-corrected chi connectivity index (χ2v) is 10.7. The maximum Gasteiger partial charge on any atom is 0.321 e. The zero-order valence-corrected chi connectivity index (χ0v) is 22.3. The topological polar surface area (TPSA) is 75.5 Å². The number of pyridine rings is 1. The highest BCUT2D eigenvalue weighted by Gasteiger charge is 2.37. The predicted molar refractivity (Wildman–Crippen MR) is 143 cm³/mol. The molecular weight excluding hydrogens is 490 g/mol. The smallest absolute Gasteiger partial charge is 0.321 e. The Morgan fingerprint density at radius 3 is 2.55 bits per heavy atom. The van der Waals surface area contributed by atoms with Gasteiger partial charge in [0.15, 0.2) is 0 Å². The first kappa shape index (κ1) is 26.1. The van der Waals surface area contributed by atoms with Gasteiger partial charge in [-0.2, -0.15) is 5.10 Å². The quantitative estimate of drug-likeness (QED) is 0.507. The molecule has 0 radical (unpaired) electrons. The number of rotatable bonds is 5. The first-order valence-electron chi connectivity index (χ1n) is 13.0. The number of carbonyl (C=O) groups is 1. The van der Waals surface area contributed by atoms with Crippen molar-refractivity contribution in [1.82, 2.24) is 19.7 Å². The molecule has 1 atom stereocenters. The number of likely N-dealkylation sites (tertiary alicyclic amines) is 1. The second kappa shape index (κ2) is 10.3. The van der Waals surface area contributed by atoms with Gasteiger partial charge in [0.25, 0.3) is 0 Å². The Labute approximate surface area is 221 Å². The lowest BCUT2D eigenvalue weighted by Gasteiger charge is -2.28. The van der Waals surface area contributed by atoms with Crippen molar-refractivity contribution in [3.63, 3.8) is 0 Å². The summed E-state index contributed by atoms with van der Waals surface area (Å²) < 4.78 is 36.7. The number of nitrogens with one attached hydrogen (secondary N) is 1. The van der Waals surface area contributed by atoms with E-state index in [1.165, 1.54) is 19.9 Å². The zero-order chi connectivity index (χ0) is 27.0. The van der Waals surface area contributed by atoms with E-state index in [9.17, 15) is 9.18 Å². The number of hydrogen-bond donors (Lipinski definition) is 1. The molecule has 0 aliphatic carbocycles. The number of urea groups is 1. The molecule has 10 heteroatoms. The van der Waals surface area contributed by atoms with Crippen molar-refractivity contribution in [2.24, 2.45) is 13.0 Å². The van der Waals surface area contributed by atoms with Gasteiger partial charge in [0, 0.05) is 50.9 Å². The number of aromatic nitrogens is 3. The number of hydrogen-bond acceptors (Lipinski definition) is 5. The highest BCUT2D eigenvalue weighted by Crippen LogP contribution is 2.35. The van der Waals surface area contributed by atoms with Crippen LogP contribution in [-0.4, -0.2) is 70.8 Å². The molecular formula is C28H34F2N6O2. The summed E-state index contributed by atoms with van der Waals surface area (Å²) in [5.41, 5.74) is 2.72. The number of anilines is 2. The summed E-state index contributed by atoms with van der Waals surface area (Å²) in [5.74, 6) is 0.0417. The van der Waals surface area contributed by atoms with Gasteiger partial charge in [0.1, 0.15) is 17.3 Å². The van der Waals surface area contributed by atoms with Crippen LogP contribution in [0.1, 0.15) is 25.8 Å². The van der Waals surface area contributed by atoms with Gasteiger partial charge in [0.2, 0.25) is 0 Å². The fraction of sp³-hybridized carbons (Fsp3) is 0.464. The monoisotopic (exact) mass is 524 g/mol. The van der Waals surface area contributed by atoms with Crippen molar-refractivity contribution in [1.29, 1.82) is 0 Å². The average molecular weight is 525 g/mol. The number of amides is 2. The number of aryl methyl sites for hydroxylation is 2. The minimum Gasteiger partial charge on any atom is -0.378 e. The van der Waals surface area contributed by atoms with Crippen LogP contribution in [0.25, 0.3) is 22.4 Å². The van der Waals surface area contributed by atoms with E-state index in [2.05, 4.69) is 15.3 Å². The third-order valence-corrected chi connectivity index (χ3v) is 7.46. The largest absolute Gasteiger partial charge is 0.378 e. The number of ether oxygens (including phenoxy) is 1. The molecule has 0 saturated carbocycles. The average Bonchev–Trinajstić information content (AvgIpc) is 3.56. The molecule has 38 heavy (non-hydrogen) atoms. The highest BCUT2D eigenvalue weighted by atomic mass is 19.1. The first-order valence-corrected chi connectivity index (χ1v) is 13.0. The Balaban J connectivity index is 1.48. The van der Waals surface area contributed by atoms with E-state index in [1.54, 1.807) is 21.8 Å². The lowest BCUT2D eigenvalue weighted by Crippen LogP contribution is -2.36. The maximum absolute atomic E-state index is 15.0. The third-order valence-electron chi connectivity index (χ3n) is 7.46. The molecule has 2 aliphatic heterocycles. The van der Waals surface area contributed by atoms with Crippen molar-refractivity contribution in [2.75, 3.05) is 49.6 Å². The Bertz CT molecular complexity index is 1330. The molecule has 0 spiro atoms. The highest BCUT2D eigenvalue weighted by molar-refractivity contribution is 5.91. The minimum atomic E-state index is -1.37. The maximum atomic E-state index is 15.0. The van der Waals surface area contributed by atoms with E-state index >= 15 is 4.39 Å². The molecule has 5 rings (SSSR count). The molecule has 2 amide bonds. The van der Waals surface area contributed by atoms with Crippen molar-refractivity contribution in [3.05, 3.63) is 48.0 Å².